The van der Waals surface area contributed by atoms with E-state index < -0.39 is 6.04 Å². The van der Waals surface area contributed by atoms with Crippen molar-refractivity contribution in [3.63, 3.8) is 0 Å². The molecule has 104 valence electrons. The molecule has 0 aromatic carbocycles. The summed E-state index contributed by atoms with van der Waals surface area (Å²) in [6.07, 6.45) is 1.53. The van der Waals surface area contributed by atoms with E-state index in [1.165, 1.54) is 0 Å². The first-order valence-corrected chi connectivity index (χ1v) is 6.41. The summed E-state index contributed by atoms with van der Waals surface area (Å²) in [7, 11) is 1.61. The summed E-state index contributed by atoms with van der Waals surface area (Å²) in [4.78, 5) is 27.1. The highest BCUT2D eigenvalue weighted by Gasteiger charge is 2.29. The van der Waals surface area contributed by atoms with Gasteiger partial charge in [-0.25, -0.2) is 0 Å². The average molecular weight is 257 g/mol. The van der Waals surface area contributed by atoms with Gasteiger partial charge in [0.05, 0.1) is 19.2 Å². The van der Waals surface area contributed by atoms with Gasteiger partial charge in [-0.1, -0.05) is 13.3 Å². The Labute approximate surface area is 108 Å². The zero-order chi connectivity index (χ0) is 13.5. The van der Waals surface area contributed by atoms with E-state index in [9.17, 15) is 9.59 Å². The van der Waals surface area contributed by atoms with Gasteiger partial charge in [0.25, 0.3) is 0 Å². The van der Waals surface area contributed by atoms with Crippen molar-refractivity contribution in [1.82, 2.24) is 9.80 Å². The minimum Gasteiger partial charge on any atom is -0.383 e. The third-order valence-corrected chi connectivity index (χ3v) is 3.11. The topological polar surface area (TPSA) is 75.9 Å². The highest BCUT2D eigenvalue weighted by atomic mass is 16.5. The van der Waals surface area contributed by atoms with E-state index in [0.29, 0.717) is 32.7 Å². The fourth-order valence-electron chi connectivity index (χ4n) is 2.00. The highest BCUT2D eigenvalue weighted by molar-refractivity contribution is 5.88. The molecule has 1 saturated heterocycles. The Bertz CT molecular complexity index is 296. The molecule has 6 heteroatoms. The van der Waals surface area contributed by atoms with E-state index in [1.807, 2.05) is 6.92 Å². The lowest BCUT2D eigenvalue weighted by atomic mass is 10.1. The smallest absolute Gasteiger partial charge is 0.242 e. The first-order valence-electron chi connectivity index (χ1n) is 6.41. The molecule has 0 saturated carbocycles. The molecule has 0 bridgehead atoms. The van der Waals surface area contributed by atoms with E-state index >= 15 is 0 Å². The van der Waals surface area contributed by atoms with Crippen LogP contribution in [-0.2, 0) is 14.3 Å². The predicted octanol–water partition coefficient (Wildman–Crippen LogP) is -0.569. The van der Waals surface area contributed by atoms with Crippen molar-refractivity contribution in [2.45, 2.75) is 25.8 Å². The molecule has 2 amide bonds. The lowest BCUT2D eigenvalue weighted by Gasteiger charge is -2.35. The number of nitrogens with two attached hydrogens (primary N) is 1. The van der Waals surface area contributed by atoms with Crippen molar-refractivity contribution in [1.29, 1.82) is 0 Å². The highest BCUT2D eigenvalue weighted by Crippen LogP contribution is 2.07. The van der Waals surface area contributed by atoms with E-state index in [1.54, 1.807) is 16.9 Å². The maximum atomic E-state index is 12.0. The Hall–Kier alpha value is -1.14. The maximum absolute atomic E-state index is 12.0. The molecule has 1 aliphatic rings. The Balaban J connectivity index is 2.45. The van der Waals surface area contributed by atoms with Gasteiger partial charge in [-0.3, -0.25) is 9.59 Å². The molecule has 1 aliphatic heterocycles. The van der Waals surface area contributed by atoms with Crippen molar-refractivity contribution in [2.75, 3.05) is 39.9 Å². The number of piperazine rings is 1. The van der Waals surface area contributed by atoms with Crippen LogP contribution in [0.5, 0.6) is 0 Å². The number of methoxy groups -OCH3 is 1. The van der Waals surface area contributed by atoms with Crippen LogP contribution in [0.4, 0.5) is 0 Å². The Morgan fingerprint density at radius 1 is 1.50 bits per heavy atom. The molecule has 1 atom stereocenters. The predicted molar refractivity (Wildman–Crippen MR) is 67.9 cm³/mol. The number of carbonyl (C=O) groups excluding carboxylic acids is 2. The largest absolute Gasteiger partial charge is 0.383 e. The SMILES string of the molecule is CCCC(N)C(=O)N1CCN(CCOC)C(=O)C1. The molecule has 1 unspecified atom stereocenters. The summed E-state index contributed by atoms with van der Waals surface area (Å²) in [5.41, 5.74) is 5.78. The minimum atomic E-state index is -0.478. The number of carbonyl (C=O) groups is 2. The Morgan fingerprint density at radius 3 is 2.78 bits per heavy atom. The van der Waals surface area contributed by atoms with Crippen LogP contribution in [-0.4, -0.2) is 67.6 Å². The van der Waals surface area contributed by atoms with Gasteiger partial charge in [-0.05, 0) is 6.42 Å². The Kier molecular flexibility index (Phi) is 6.07. The number of nitrogens with zero attached hydrogens (tertiary/aromatic N) is 2. The molecule has 18 heavy (non-hydrogen) atoms. The number of ether oxygens (including phenoxy) is 1. The van der Waals surface area contributed by atoms with Gasteiger partial charge in [0.2, 0.25) is 11.8 Å². The van der Waals surface area contributed by atoms with Gasteiger partial charge in [0.15, 0.2) is 0 Å². The first kappa shape index (κ1) is 14.9. The lowest BCUT2D eigenvalue weighted by Crippen LogP contribution is -2.56. The van der Waals surface area contributed by atoms with Crippen LogP contribution in [0.1, 0.15) is 19.8 Å². The molecule has 1 fully saturated rings. The van der Waals surface area contributed by atoms with Gasteiger partial charge in [0, 0.05) is 26.7 Å². The van der Waals surface area contributed by atoms with Crippen LogP contribution < -0.4 is 5.73 Å². The van der Waals surface area contributed by atoms with Crippen molar-refractivity contribution in [3.05, 3.63) is 0 Å². The van der Waals surface area contributed by atoms with Crippen LogP contribution in [0.25, 0.3) is 0 Å². The second-order valence-corrected chi connectivity index (χ2v) is 4.53. The van der Waals surface area contributed by atoms with E-state index in [-0.39, 0.29) is 18.4 Å². The zero-order valence-corrected chi connectivity index (χ0v) is 11.2. The molecule has 6 nitrogen and oxygen atoms in total. The van der Waals surface area contributed by atoms with E-state index in [2.05, 4.69) is 0 Å². The maximum Gasteiger partial charge on any atom is 0.242 e. The van der Waals surface area contributed by atoms with Crippen LogP contribution in [0, 0.1) is 0 Å². The third kappa shape index (κ3) is 3.96. The normalized spacial score (nSPS) is 18.1. The van der Waals surface area contributed by atoms with Crippen LogP contribution in [0.15, 0.2) is 0 Å². The van der Waals surface area contributed by atoms with Gasteiger partial charge in [-0.15, -0.1) is 0 Å². The van der Waals surface area contributed by atoms with Crippen molar-refractivity contribution >= 4 is 11.8 Å². The summed E-state index contributed by atoms with van der Waals surface area (Å²) in [5.74, 6) is -0.146. The average Bonchev–Trinajstić information content (AvgIpc) is 2.36. The molecule has 2 N–H and O–H groups in total. The molecule has 0 spiro atoms. The number of hydrogen-bond acceptors (Lipinski definition) is 4. The van der Waals surface area contributed by atoms with Crippen molar-refractivity contribution < 1.29 is 14.3 Å². The summed E-state index contributed by atoms with van der Waals surface area (Å²) >= 11 is 0. The summed E-state index contributed by atoms with van der Waals surface area (Å²) in [5, 5.41) is 0. The molecule has 0 radical (unpaired) electrons. The monoisotopic (exact) mass is 257 g/mol. The van der Waals surface area contributed by atoms with Crippen LogP contribution in [0.2, 0.25) is 0 Å². The van der Waals surface area contributed by atoms with Crippen LogP contribution >= 0.6 is 0 Å². The molecule has 0 aromatic rings. The van der Waals surface area contributed by atoms with Gasteiger partial charge in [0.1, 0.15) is 0 Å². The van der Waals surface area contributed by atoms with Gasteiger partial charge in [-0.2, -0.15) is 0 Å². The van der Waals surface area contributed by atoms with Crippen molar-refractivity contribution in [3.8, 4) is 0 Å². The minimum absolute atomic E-state index is 0.0321. The third-order valence-electron chi connectivity index (χ3n) is 3.11. The second-order valence-electron chi connectivity index (χ2n) is 4.53. The first-order chi connectivity index (χ1) is 8.60. The van der Waals surface area contributed by atoms with Gasteiger partial charge < -0.3 is 20.3 Å². The fourth-order valence-corrected chi connectivity index (χ4v) is 2.00. The molecule has 1 heterocycles. The summed E-state index contributed by atoms with van der Waals surface area (Å²) in [6.45, 7) is 4.35. The van der Waals surface area contributed by atoms with Gasteiger partial charge >= 0.3 is 0 Å². The van der Waals surface area contributed by atoms with E-state index in [0.717, 1.165) is 6.42 Å². The summed E-state index contributed by atoms with van der Waals surface area (Å²) < 4.78 is 4.94. The molecular weight excluding hydrogens is 234 g/mol. The standard InChI is InChI=1S/C12H23N3O3/c1-3-4-10(13)12(17)15-6-5-14(7-8-18-2)11(16)9-15/h10H,3-9,13H2,1-2H3. The quantitative estimate of drug-likeness (QED) is 0.691. The molecule has 0 aromatic heterocycles. The number of hydrogen-bond donors (Lipinski definition) is 1. The van der Waals surface area contributed by atoms with Crippen LogP contribution in [0.3, 0.4) is 0 Å². The molecule has 1 rings (SSSR count). The van der Waals surface area contributed by atoms with Crippen molar-refractivity contribution in [2.24, 2.45) is 5.73 Å². The zero-order valence-electron chi connectivity index (χ0n) is 11.2. The number of rotatable bonds is 6. The fraction of sp³-hybridized carbons (Fsp3) is 0.833. The van der Waals surface area contributed by atoms with E-state index in [4.69, 9.17) is 10.5 Å². The lowest BCUT2D eigenvalue weighted by molar-refractivity contribution is -0.146. The molecular formula is C12H23N3O3. The molecule has 0 aliphatic carbocycles. The second kappa shape index (κ2) is 7.33. The number of amides is 2. The summed E-state index contributed by atoms with van der Waals surface area (Å²) in [6, 6.07) is -0.478. The Morgan fingerprint density at radius 2 is 2.22 bits per heavy atom.